The highest BCUT2D eigenvalue weighted by molar-refractivity contribution is 7.93. The zero-order valence-corrected chi connectivity index (χ0v) is 16.9. The first-order valence-corrected chi connectivity index (χ1v) is 11.5. The number of anilines is 1. The molecule has 0 aliphatic carbocycles. The standard InChI is InChI=1S/C13H17ClN4O4S3/c1-9-10(14)5-4-6-11(9)25(21,22)17-13-16-15-12(23-13)7-8-18(2)24(3,19)20/h4-6H,7-8H2,1-3H3,(H,16,17). The Morgan fingerprint density at radius 2 is 1.92 bits per heavy atom. The van der Waals surface area contributed by atoms with Crippen LogP contribution in [0.3, 0.4) is 0 Å². The molecule has 0 aliphatic heterocycles. The van der Waals surface area contributed by atoms with Crippen molar-refractivity contribution in [2.24, 2.45) is 0 Å². The normalized spacial score (nSPS) is 12.5. The molecule has 1 N–H and O–H groups in total. The van der Waals surface area contributed by atoms with Crippen molar-refractivity contribution >= 4 is 48.1 Å². The highest BCUT2D eigenvalue weighted by Gasteiger charge is 2.20. The van der Waals surface area contributed by atoms with Crippen LogP contribution in [0.5, 0.6) is 0 Å². The topological polar surface area (TPSA) is 109 Å². The van der Waals surface area contributed by atoms with Gasteiger partial charge in [-0.05, 0) is 24.6 Å². The average Bonchev–Trinajstić information content (AvgIpc) is 2.93. The van der Waals surface area contributed by atoms with Crippen molar-refractivity contribution in [1.29, 1.82) is 0 Å². The fourth-order valence-electron chi connectivity index (χ4n) is 1.86. The van der Waals surface area contributed by atoms with Gasteiger partial charge >= 0.3 is 0 Å². The predicted octanol–water partition coefficient (Wildman–Crippen LogP) is 1.73. The van der Waals surface area contributed by atoms with Gasteiger partial charge in [-0.2, -0.15) is 0 Å². The van der Waals surface area contributed by atoms with E-state index >= 15 is 0 Å². The summed E-state index contributed by atoms with van der Waals surface area (Å²) in [5.74, 6) is 0. The van der Waals surface area contributed by atoms with E-state index in [-0.39, 0.29) is 16.6 Å². The van der Waals surface area contributed by atoms with Crippen molar-refractivity contribution in [3.8, 4) is 0 Å². The number of halogens is 1. The van der Waals surface area contributed by atoms with Crippen molar-refractivity contribution in [2.75, 3.05) is 24.6 Å². The Balaban J connectivity index is 2.11. The Morgan fingerprint density at radius 3 is 2.56 bits per heavy atom. The monoisotopic (exact) mass is 424 g/mol. The summed E-state index contributed by atoms with van der Waals surface area (Å²) in [7, 11) is -5.65. The van der Waals surface area contributed by atoms with Crippen LogP contribution in [-0.4, -0.2) is 51.2 Å². The SMILES string of the molecule is Cc1c(Cl)cccc1S(=O)(=O)Nc1nnc(CCN(C)S(C)(=O)=O)s1. The Hall–Kier alpha value is -1.27. The number of rotatable bonds is 7. The van der Waals surface area contributed by atoms with Crippen LogP contribution in [0.25, 0.3) is 0 Å². The lowest BCUT2D eigenvalue weighted by Gasteiger charge is -2.12. The first-order valence-electron chi connectivity index (χ1n) is 7.02. The quantitative estimate of drug-likeness (QED) is 0.724. The maximum atomic E-state index is 12.5. The second-order valence-electron chi connectivity index (χ2n) is 5.30. The van der Waals surface area contributed by atoms with Crippen LogP contribution in [0.2, 0.25) is 5.02 Å². The fourth-order valence-corrected chi connectivity index (χ4v) is 4.74. The third-order valence-electron chi connectivity index (χ3n) is 3.40. The molecule has 0 saturated carbocycles. The van der Waals surface area contributed by atoms with Gasteiger partial charge in [0.05, 0.1) is 11.2 Å². The molecule has 0 spiro atoms. The first kappa shape index (κ1) is 20.0. The van der Waals surface area contributed by atoms with Gasteiger partial charge in [0.1, 0.15) is 5.01 Å². The third kappa shape index (κ3) is 5.11. The summed E-state index contributed by atoms with van der Waals surface area (Å²) in [6.45, 7) is 1.84. The first-order chi connectivity index (χ1) is 11.5. The second kappa shape index (κ2) is 7.54. The van der Waals surface area contributed by atoms with Gasteiger partial charge in [0, 0.05) is 25.0 Å². The summed E-state index contributed by atoms with van der Waals surface area (Å²) in [6.07, 6.45) is 1.44. The van der Waals surface area contributed by atoms with Gasteiger partial charge in [-0.1, -0.05) is 29.0 Å². The molecule has 0 fully saturated rings. The van der Waals surface area contributed by atoms with Gasteiger partial charge < -0.3 is 0 Å². The maximum absolute atomic E-state index is 12.5. The Bertz CT molecular complexity index is 973. The molecule has 2 aromatic rings. The zero-order chi connectivity index (χ0) is 18.8. The van der Waals surface area contributed by atoms with Gasteiger partial charge in [0.25, 0.3) is 10.0 Å². The molecule has 12 heteroatoms. The van der Waals surface area contributed by atoms with Crippen LogP contribution in [0.1, 0.15) is 10.6 Å². The predicted molar refractivity (Wildman–Crippen MR) is 98.1 cm³/mol. The van der Waals surface area contributed by atoms with Crippen LogP contribution in [0.15, 0.2) is 23.1 Å². The minimum Gasteiger partial charge on any atom is -0.253 e. The fraction of sp³-hybridized carbons (Fsp3) is 0.385. The number of nitrogens with zero attached hydrogens (tertiary/aromatic N) is 3. The molecule has 0 aliphatic rings. The Kier molecular flexibility index (Phi) is 6.05. The molecule has 0 amide bonds. The number of hydrogen-bond donors (Lipinski definition) is 1. The van der Waals surface area contributed by atoms with Crippen molar-refractivity contribution in [1.82, 2.24) is 14.5 Å². The summed E-state index contributed by atoms with van der Waals surface area (Å²) < 4.78 is 51.2. The maximum Gasteiger partial charge on any atom is 0.264 e. The van der Waals surface area contributed by atoms with Gasteiger partial charge in [-0.25, -0.2) is 21.1 Å². The number of sulfonamides is 2. The van der Waals surface area contributed by atoms with Gasteiger partial charge in [0.15, 0.2) is 0 Å². The van der Waals surface area contributed by atoms with E-state index in [1.54, 1.807) is 19.1 Å². The second-order valence-corrected chi connectivity index (χ2v) is 10.5. The molecule has 1 aromatic heterocycles. The van der Waals surface area contributed by atoms with E-state index in [9.17, 15) is 16.8 Å². The number of hydrogen-bond acceptors (Lipinski definition) is 7. The van der Waals surface area contributed by atoms with E-state index in [4.69, 9.17) is 11.6 Å². The third-order valence-corrected chi connectivity index (χ3v) is 7.64. The smallest absolute Gasteiger partial charge is 0.253 e. The molecule has 0 atom stereocenters. The Labute approximate surface area is 155 Å². The highest BCUT2D eigenvalue weighted by Crippen LogP contribution is 2.26. The molecular weight excluding hydrogens is 408 g/mol. The molecule has 0 saturated heterocycles. The number of benzene rings is 1. The van der Waals surface area contributed by atoms with Gasteiger partial charge in [-0.15, -0.1) is 10.2 Å². The van der Waals surface area contributed by atoms with E-state index in [0.717, 1.165) is 17.6 Å². The van der Waals surface area contributed by atoms with E-state index in [1.807, 2.05) is 0 Å². The molecule has 0 unspecified atom stereocenters. The Morgan fingerprint density at radius 1 is 1.24 bits per heavy atom. The van der Waals surface area contributed by atoms with E-state index in [0.29, 0.717) is 22.0 Å². The van der Waals surface area contributed by atoms with Gasteiger partial charge in [-0.3, -0.25) is 4.72 Å². The van der Waals surface area contributed by atoms with Crippen LogP contribution < -0.4 is 4.72 Å². The van der Waals surface area contributed by atoms with Gasteiger partial charge in [0.2, 0.25) is 15.2 Å². The minimum absolute atomic E-state index is 0.0635. The van der Waals surface area contributed by atoms with Crippen LogP contribution in [-0.2, 0) is 26.5 Å². The highest BCUT2D eigenvalue weighted by atomic mass is 35.5. The van der Waals surface area contributed by atoms with E-state index < -0.39 is 20.0 Å². The molecule has 0 radical (unpaired) electrons. The molecule has 25 heavy (non-hydrogen) atoms. The lowest BCUT2D eigenvalue weighted by Crippen LogP contribution is -2.27. The van der Waals surface area contributed by atoms with E-state index in [1.165, 1.54) is 17.4 Å². The average molecular weight is 425 g/mol. The van der Waals surface area contributed by atoms with Crippen molar-refractivity contribution in [2.45, 2.75) is 18.2 Å². The molecule has 2 rings (SSSR count). The number of nitrogens with one attached hydrogen (secondary N) is 1. The summed E-state index contributed by atoms with van der Waals surface area (Å²) in [6, 6.07) is 4.61. The van der Waals surface area contributed by atoms with Crippen molar-refractivity contribution < 1.29 is 16.8 Å². The summed E-state index contributed by atoms with van der Waals surface area (Å²) >= 11 is 7.01. The molecular formula is C13H17ClN4O4S3. The minimum atomic E-state index is -3.84. The number of likely N-dealkylation sites (N-methyl/N-ethyl adjacent to an activating group) is 1. The zero-order valence-electron chi connectivity index (χ0n) is 13.7. The molecule has 1 aromatic carbocycles. The van der Waals surface area contributed by atoms with Crippen molar-refractivity contribution in [3.05, 3.63) is 33.8 Å². The number of aromatic nitrogens is 2. The summed E-state index contributed by atoms with van der Waals surface area (Å²) in [5, 5.41) is 8.66. The van der Waals surface area contributed by atoms with Crippen LogP contribution in [0, 0.1) is 6.92 Å². The van der Waals surface area contributed by atoms with Crippen molar-refractivity contribution in [3.63, 3.8) is 0 Å². The molecule has 8 nitrogen and oxygen atoms in total. The largest absolute Gasteiger partial charge is 0.264 e. The molecule has 0 bridgehead atoms. The molecule has 138 valence electrons. The van der Waals surface area contributed by atoms with Crippen LogP contribution >= 0.6 is 22.9 Å². The molecule has 1 heterocycles. The van der Waals surface area contributed by atoms with E-state index in [2.05, 4.69) is 14.9 Å². The lowest BCUT2D eigenvalue weighted by atomic mass is 10.2. The lowest BCUT2D eigenvalue weighted by molar-refractivity contribution is 0.477. The van der Waals surface area contributed by atoms with Crippen LogP contribution in [0.4, 0.5) is 5.13 Å². The summed E-state index contributed by atoms with van der Waals surface area (Å²) in [5.41, 5.74) is 0.441. The summed E-state index contributed by atoms with van der Waals surface area (Å²) in [4.78, 5) is 0.0635.